The molecule has 2 aromatic rings. The Morgan fingerprint density at radius 2 is 2.25 bits per heavy atom. The molecule has 0 saturated carbocycles. The normalized spacial score (nSPS) is 15.8. The summed E-state index contributed by atoms with van der Waals surface area (Å²) in [7, 11) is 1.79. The van der Waals surface area contributed by atoms with Crippen LogP contribution in [0.25, 0.3) is 0 Å². The Balaban J connectivity index is 1.62. The average Bonchev–Trinajstić information content (AvgIpc) is 2.86. The molecule has 3 rings (SSSR count). The number of pyridine rings is 1. The van der Waals surface area contributed by atoms with Crippen LogP contribution in [0, 0.1) is 11.3 Å². The summed E-state index contributed by atoms with van der Waals surface area (Å²) in [5, 5.41) is 13.0. The maximum Gasteiger partial charge on any atom is 0.250 e. The molecule has 2 aromatic heterocycles. The van der Waals surface area contributed by atoms with Crippen molar-refractivity contribution in [2.75, 3.05) is 13.1 Å². The predicted octanol–water partition coefficient (Wildman–Crippen LogP) is 0.510. The zero-order chi connectivity index (χ0) is 14.1. The Kier molecular flexibility index (Phi) is 3.12. The number of rotatable bonds is 3. The second-order valence-electron chi connectivity index (χ2n) is 5.08. The van der Waals surface area contributed by atoms with E-state index in [4.69, 9.17) is 5.26 Å². The van der Waals surface area contributed by atoms with Gasteiger partial charge < -0.3 is 4.57 Å². The van der Waals surface area contributed by atoms with Crippen LogP contribution < -0.4 is 5.56 Å². The third-order valence-electron chi connectivity index (χ3n) is 3.72. The van der Waals surface area contributed by atoms with E-state index in [2.05, 4.69) is 16.1 Å². The first-order valence-electron chi connectivity index (χ1n) is 6.49. The van der Waals surface area contributed by atoms with Crippen molar-refractivity contribution in [3.8, 4) is 6.07 Å². The number of aromatic nitrogens is 3. The number of nitrogens with zero attached hydrogens (tertiary/aromatic N) is 5. The summed E-state index contributed by atoms with van der Waals surface area (Å²) in [6.07, 6.45) is 3.36. The molecule has 0 spiro atoms. The van der Waals surface area contributed by atoms with Gasteiger partial charge in [0.05, 0.1) is 17.8 Å². The molecule has 6 heteroatoms. The number of hydrogen-bond donors (Lipinski definition) is 0. The van der Waals surface area contributed by atoms with E-state index in [1.807, 2.05) is 10.7 Å². The minimum atomic E-state index is 0.0188. The molecule has 0 aliphatic carbocycles. The summed E-state index contributed by atoms with van der Waals surface area (Å²) in [4.78, 5) is 13.8. The van der Waals surface area contributed by atoms with Gasteiger partial charge in [0.15, 0.2) is 0 Å². The lowest BCUT2D eigenvalue weighted by molar-refractivity contribution is 0.0883. The van der Waals surface area contributed by atoms with E-state index in [-0.39, 0.29) is 5.56 Å². The van der Waals surface area contributed by atoms with E-state index in [0.717, 1.165) is 25.3 Å². The maximum atomic E-state index is 11.5. The Morgan fingerprint density at radius 3 is 2.95 bits per heavy atom. The third-order valence-corrected chi connectivity index (χ3v) is 3.72. The lowest BCUT2D eigenvalue weighted by Gasteiger charge is -2.39. The Bertz CT molecular complexity index is 718. The minimum Gasteiger partial charge on any atom is -0.314 e. The highest BCUT2D eigenvalue weighted by Gasteiger charge is 2.29. The van der Waals surface area contributed by atoms with E-state index < -0.39 is 0 Å². The fourth-order valence-electron chi connectivity index (χ4n) is 2.43. The van der Waals surface area contributed by atoms with Crippen LogP contribution in [0.1, 0.15) is 17.3 Å². The van der Waals surface area contributed by atoms with Gasteiger partial charge in [0.25, 0.3) is 0 Å². The van der Waals surface area contributed by atoms with Gasteiger partial charge in [0.1, 0.15) is 6.07 Å². The monoisotopic (exact) mass is 269 g/mol. The lowest BCUT2D eigenvalue weighted by atomic mass is 10.1. The molecular weight excluding hydrogens is 254 g/mol. The average molecular weight is 269 g/mol. The van der Waals surface area contributed by atoms with Crippen molar-refractivity contribution in [3.05, 3.63) is 52.2 Å². The molecule has 20 heavy (non-hydrogen) atoms. The Morgan fingerprint density at radius 1 is 1.45 bits per heavy atom. The van der Waals surface area contributed by atoms with Crippen molar-refractivity contribution in [1.29, 1.82) is 5.26 Å². The summed E-state index contributed by atoms with van der Waals surface area (Å²) >= 11 is 0. The zero-order valence-electron chi connectivity index (χ0n) is 11.2. The molecule has 0 atom stereocenters. The highest BCUT2D eigenvalue weighted by Crippen LogP contribution is 2.22. The standard InChI is InChI=1S/C14H15N5O/c1-17-12(3-2-4-14(17)20)8-18-9-13(10-18)19-7-11(5-15)6-16-19/h2-4,6-7,13H,8-10H2,1H3. The van der Waals surface area contributed by atoms with E-state index >= 15 is 0 Å². The maximum absolute atomic E-state index is 11.5. The van der Waals surface area contributed by atoms with Gasteiger partial charge in [0, 0.05) is 44.6 Å². The first-order valence-corrected chi connectivity index (χ1v) is 6.49. The van der Waals surface area contributed by atoms with E-state index in [1.54, 1.807) is 36.1 Å². The molecule has 0 radical (unpaired) electrons. The van der Waals surface area contributed by atoms with Gasteiger partial charge in [-0.2, -0.15) is 10.4 Å². The van der Waals surface area contributed by atoms with Gasteiger partial charge in [-0.3, -0.25) is 14.4 Å². The van der Waals surface area contributed by atoms with Crippen molar-refractivity contribution in [1.82, 2.24) is 19.2 Å². The van der Waals surface area contributed by atoms with Gasteiger partial charge in [0.2, 0.25) is 5.56 Å². The summed E-state index contributed by atoms with van der Waals surface area (Å²) in [5.41, 5.74) is 1.62. The fourth-order valence-corrected chi connectivity index (χ4v) is 2.43. The summed E-state index contributed by atoms with van der Waals surface area (Å²) in [6, 6.07) is 7.72. The largest absolute Gasteiger partial charge is 0.314 e. The molecule has 0 N–H and O–H groups in total. The molecule has 1 saturated heterocycles. The van der Waals surface area contributed by atoms with Crippen LogP contribution in [0.3, 0.4) is 0 Å². The second-order valence-corrected chi connectivity index (χ2v) is 5.08. The topological polar surface area (TPSA) is 66.8 Å². The molecule has 3 heterocycles. The van der Waals surface area contributed by atoms with E-state index in [1.165, 1.54) is 0 Å². The molecule has 0 aromatic carbocycles. The SMILES string of the molecule is Cn1c(CN2CC(n3cc(C#N)cn3)C2)cccc1=O. The van der Waals surface area contributed by atoms with Crippen LogP contribution in [-0.4, -0.2) is 32.3 Å². The molecule has 1 aliphatic heterocycles. The minimum absolute atomic E-state index is 0.0188. The van der Waals surface area contributed by atoms with Crippen molar-refractivity contribution in [2.24, 2.45) is 7.05 Å². The van der Waals surface area contributed by atoms with Crippen LogP contribution in [0.2, 0.25) is 0 Å². The first kappa shape index (κ1) is 12.6. The second kappa shape index (κ2) is 4.94. The van der Waals surface area contributed by atoms with Crippen molar-refractivity contribution >= 4 is 0 Å². The summed E-state index contributed by atoms with van der Waals surface area (Å²) in [6.45, 7) is 2.53. The van der Waals surface area contributed by atoms with Crippen molar-refractivity contribution in [2.45, 2.75) is 12.6 Å². The van der Waals surface area contributed by atoms with E-state index in [9.17, 15) is 4.79 Å². The molecule has 0 unspecified atom stereocenters. The van der Waals surface area contributed by atoms with Gasteiger partial charge >= 0.3 is 0 Å². The lowest BCUT2D eigenvalue weighted by Crippen LogP contribution is -2.47. The number of likely N-dealkylation sites (tertiary alicyclic amines) is 1. The van der Waals surface area contributed by atoms with Crippen molar-refractivity contribution in [3.63, 3.8) is 0 Å². The molecule has 1 fully saturated rings. The zero-order valence-corrected chi connectivity index (χ0v) is 11.2. The third kappa shape index (κ3) is 2.24. The Hall–Kier alpha value is -2.39. The van der Waals surface area contributed by atoms with Gasteiger partial charge in [-0.25, -0.2) is 0 Å². The molecular formula is C14H15N5O. The fraction of sp³-hybridized carbons (Fsp3) is 0.357. The highest BCUT2D eigenvalue weighted by atomic mass is 16.1. The van der Waals surface area contributed by atoms with Crippen LogP contribution in [0.5, 0.6) is 0 Å². The summed E-state index contributed by atoms with van der Waals surface area (Å²) < 4.78 is 3.52. The Labute approximate surface area is 116 Å². The quantitative estimate of drug-likeness (QED) is 0.814. The molecule has 102 valence electrons. The summed E-state index contributed by atoms with van der Waals surface area (Å²) in [5.74, 6) is 0. The number of hydrogen-bond acceptors (Lipinski definition) is 4. The van der Waals surface area contributed by atoms with Crippen molar-refractivity contribution < 1.29 is 0 Å². The van der Waals surface area contributed by atoms with Gasteiger partial charge in [-0.05, 0) is 6.07 Å². The molecule has 6 nitrogen and oxygen atoms in total. The molecule has 0 bridgehead atoms. The predicted molar refractivity (Wildman–Crippen MR) is 72.9 cm³/mol. The highest BCUT2D eigenvalue weighted by molar-refractivity contribution is 5.22. The molecule has 0 amide bonds. The van der Waals surface area contributed by atoms with Crippen LogP contribution in [-0.2, 0) is 13.6 Å². The van der Waals surface area contributed by atoms with Gasteiger partial charge in [-0.1, -0.05) is 6.07 Å². The first-order chi connectivity index (χ1) is 9.67. The van der Waals surface area contributed by atoms with Gasteiger partial charge in [-0.15, -0.1) is 0 Å². The van der Waals surface area contributed by atoms with E-state index in [0.29, 0.717) is 11.6 Å². The van der Waals surface area contributed by atoms with Crippen LogP contribution >= 0.6 is 0 Å². The smallest absolute Gasteiger partial charge is 0.250 e. The van der Waals surface area contributed by atoms with Crippen LogP contribution in [0.4, 0.5) is 0 Å². The van der Waals surface area contributed by atoms with Crippen LogP contribution in [0.15, 0.2) is 35.4 Å². The molecule has 1 aliphatic rings. The number of nitriles is 1.